The Hall–Kier alpha value is -2.93. The van der Waals surface area contributed by atoms with Crippen molar-refractivity contribution in [3.05, 3.63) is 59.8 Å². The fourth-order valence-electron chi connectivity index (χ4n) is 3.72. The maximum absolute atomic E-state index is 13.2. The van der Waals surface area contributed by atoms with E-state index in [1.807, 2.05) is 68.4 Å². The number of H-pyrrole nitrogens is 1. The van der Waals surface area contributed by atoms with Crippen LogP contribution in [0.25, 0.3) is 10.9 Å². The van der Waals surface area contributed by atoms with Gasteiger partial charge in [-0.2, -0.15) is 0 Å². The number of benzene rings is 2. The number of aromatic amines is 1. The number of fused-ring (bicyclic) bond motifs is 1. The van der Waals surface area contributed by atoms with E-state index < -0.39 is 6.04 Å². The van der Waals surface area contributed by atoms with E-state index in [0.717, 1.165) is 27.8 Å². The van der Waals surface area contributed by atoms with Crippen LogP contribution in [0.15, 0.2) is 48.7 Å². The van der Waals surface area contributed by atoms with Crippen LogP contribution >= 0.6 is 11.8 Å². The van der Waals surface area contributed by atoms with Gasteiger partial charge in [-0.1, -0.05) is 18.2 Å². The molecule has 1 saturated heterocycles. The molecule has 0 radical (unpaired) electrons. The normalized spacial score (nSPS) is 16.2. The first-order chi connectivity index (χ1) is 14.0. The van der Waals surface area contributed by atoms with E-state index >= 15 is 0 Å². The molecular formula is C22H24N4O2S. The summed E-state index contributed by atoms with van der Waals surface area (Å²) in [6.07, 6.45) is 1.73. The lowest BCUT2D eigenvalue weighted by molar-refractivity contribution is -0.119. The number of aromatic nitrogens is 1. The molecule has 0 saturated carbocycles. The molecule has 2 N–H and O–H groups in total. The fraction of sp³-hybridized carbons (Fsp3) is 0.273. The second kappa shape index (κ2) is 7.83. The summed E-state index contributed by atoms with van der Waals surface area (Å²) < 4.78 is 0. The molecule has 29 heavy (non-hydrogen) atoms. The molecule has 1 fully saturated rings. The van der Waals surface area contributed by atoms with Crippen molar-refractivity contribution in [2.24, 2.45) is 0 Å². The van der Waals surface area contributed by atoms with E-state index in [1.165, 1.54) is 0 Å². The van der Waals surface area contributed by atoms with Crippen LogP contribution in [-0.4, -0.2) is 53.5 Å². The van der Waals surface area contributed by atoms with Gasteiger partial charge in [0.05, 0.1) is 11.4 Å². The molecule has 1 aromatic heterocycles. The molecule has 1 atom stereocenters. The number of amides is 2. The molecule has 7 heteroatoms. The minimum atomic E-state index is -0.491. The van der Waals surface area contributed by atoms with Crippen LogP contribution in [0.2, 0.25) is 0 Å². The number of hydrogen-bond donors (Lipinski definition) is 2. The van der Waals surface area contributed by atoms with Gasteiger partial charge in [-0.15, -0.1) is 11.8 Å². The Kier molecular flexibility index (Phi) is 5.24. The van der Waals surface area contributed by atoms with Gasteiger partial charge in [0.2, 0.25) is 5.91 Å². The number of carbonyl (C=O) groups is 2. The number of anilines is 2. The fourth-order valence-corrected chi connectivity index (χ4v) is 4.88. The summed E-state index contributed by atoms with van der Waals surface area (Å²) in [6.45, 7) is 2.02. The van der Waals surface area contributed by atoms with Gasteiger partial charge in [-0.05, 0) is 36.8 Å². The Morgan fingerprint density at radius 3 is 2.76 bits per heavy atom. The highest BCUT2D eigenvalue weighted by atomic mass is 32.2. The molecule has 2 aromatic carbocycles. The average molecular weight is 409 g/mol. The molecule has 150 valence electrons. The lowest BCUT2D eigenvalue weighted by atomic mass is 10.1. The molecule has 1 unspecified atom stereocenters. The summed E-state index contributed by atoms with van der Waals surface area (Å²) in [5.74, 6) is 0.830. The summed E-state index contributed by atoms with van der Waals surface area (Å²) in [5, 5.41) is 3.86. The van der Waals surface area contributed by atoms with Gasteiger partial charge >= 0.3 is 0 Å². The number of hydrogen-bond acceptors (Lipinski definition) is 4. The number of aryl methyl sites for hydroxylation is 1. The van der Waals surface area contributed by atoms with Gasteiger partial charge in [0.15, 0.2) is 0 Å². The second-order valence-electron chi connectivity index (χ2n) is 7.42. The van der Waals surface area contributed by atoms with Crippen molar-refractivity contribution >= 4 is 45.9 Å². The lowest BCUT2D eigenvalue weighted by Crippen LogP contribution is -2.44. The molecular weight excluding hydrogens is 384 g/mol. The number of nitrogens with one attached hydrogen (secondary N) is 2. The van der Waals surface area contributed by atoms with Crippen LogP contribution in [0.5, 0.6) is 0 Å². The third-order valence-electron chi connectivity index (χ3n) is 5.21. The molecule has 1 aliphatic rings. The number of thioether (sulfide) groups is 1. The topological polar surface area (TPSA) is 68.4 Å². The van der Waals surface area contributed by atoms with Gasteiger partial charge in [0.25, 0.3) is 5.91 Å². The van der Waals surface area contributed by atoms with Crippen LogP contribution in [0, 0.1) is 6.92 Å². The smallest absolute Gasteiger partial charge is 0.257 e. The Balaban J connectivity index is 1.53. The predicted molar refractivity (Wildman–Crippen MR) is 120 cm³/mol. The third kappa shape index (κ3) is 3.70. The summed E-state index contributed by atoms with van der Waals surface area (Å²) in [7, 11) is 3.98. The summed E-state index contributed by atoms with van der Waals surface area (Å²) in [5.41, 5.74) is 4.46. The Labute approximate surface area is 174 Å². The standard InChI is InChI=1S/C22H24N4O2S/c1-14-10-15(8-9-19(14)25(2)3)24-21(27)20-12-29-13-26(20)22(28)17-11-23-18-7-5-4-6-16(17)18/h4-11,20,23H,12-13H2,1-3H3,(H,24,27). The van der Waals surface area contributed by atoms with E-state index in [-0.39, 0.29) is 11.8 Å². The summed E-state index contributed by atoms with van der Waals surface area (Å²) >= 11 is 1.60. The number of nitrogens with zero attached hydrogens (tertiary/aromatic N) is 2. The van der Waals surface area contributed by atoms with Crippen LogP contribution in [0.1, 0.15) is 15.9 Å². The number of rotatable bonds is 4. The van der Waals surface area contributed by atoms with Crippen molar-refractivity contribution in [3.8, 4) is 0 Å². The first kappa shape index (κ1) is 19.4. The maximum atomic E-state index is 13.2. The summed E-state index contributed by atoms with van der Waals surface area (Å²) in [6, 6.07) is 13.1. The van der Waals surface area contributed by atoms with Gasteiger partial charge in [0.1, 0.15) is 6.04 Å². The zero-order valence-electron chi connectivity index (χ0n) is 16.7. The number of carbonyl (C=O) groups excluding carboxylic acids is 2. The SMILES string of the molecule is Cc1cc(NC(=O)C2CSCN2C(=O)c2c[nH]c3ccccc23)ccc1N(C)C. The molecule has 3 aromatic rings. The number of para-hydroxylation sites is 1. The molecule has 6 nitrogen and oxygen atoms in total. The largest absolute Gasteiger partial charge is 0.377 e. The Bertz CT molecular complexity index is 1080. The minimum Gasteiger partial charge on any atom is -0.377 e. The molecule has 1 aliphatic heterocycles. The van der Waals surface area contributed by atoms with Crippen molar-refractivity contribution in [1.82, 2.24) is 9.88 Å². The Morgan fingerprint density at radius 2 is 2.00 bits per heavy atom. The van der Waals surface area contributed by atoms with Gasteiger partial charge in [-0.25, -0.2) is 0 Å². The first-order valence-electron chi connectivity index (χ1n) is 9.49. The monoisotopic (exact) mass is 408 g/mol. The van der Waals surface area contributed by atoms with Crippen LogP contribution in [0.4, 0.5) is 11.4 Å². The van der Waals surface area contributed by atoms with Crippen LogP contribution in [0.3, 0.4) is 0 Å². The quantitative estimate of drug-likeness (QED) is 0.691. The molecule has 2 amide bonds. The first-order valence-corrected chi connectivity index (χ1v) is 10.6. The van der Waals surface area contributed by atoms with Gasteiger partial charge < -0.3 is 20.1 Å². The molecule has 4 rings (SSSR count). The maximum Gasteiger partial charge on any atom is 0.257 e. The van der Waals surface area contributed by atoms with Crippen molar-refractivity contribution in [2.45, 2.75) is 13.0 Å². The molecule has 0 aliphatic carbocycles. The molecule has 0 bridgehead atoms. The van der Waals surface area contributed by atoms with Gasteiger partial charge in [0, 0.05) is 48.3 Å². The zero-order chi connectivity index (χ0) is 20.5. The Morgan fingerprint density at radius 1 is 1.21 bits per heavy atom. The highest BCUT2D eigenvalue weighted by molar-refractivity contribution is 7.99. The zero-order valence-corrected chi connectivity index (χ0v) is 17.5. The van der Waals surface area contributed by atoms with E-state index in [1.54, 1.807) is 22.9 Å². The van der Waals surface area contributed by atoms with E-state index in [0.29, 0.717) is 17.2 Å². The van der Waals surface area contributed by atoms with E-state index in [2.05, 4.69) is 10.3 Å². The van der Waals surface area contributed by atoms with E-state index in [9.17, 15) is 9.59 Å². The third-order valence-corrected chi connectivity index (χ3v) is 6.22. The van der Waals surface area contributed by atoms with Crippen LogP contribution < -0.4 is 10.2 Å². The average Bonchev–Trinajstić information content (AvgIpc) is 3.34. The predicted octanol–water partition coefficient (Wildman–Crippen LogP) is 3.70. The molecule has 2 heterocycles. The minimum absolute atomic E-state index is 0.119. The lowest BCUT2D eigenvalue weighted by Gasteiger charge is -2.23. The summed E-state index contributed by atoms with van der Waals surface area (Å²) in [4.78, 5) is 33.0. The van der Waals surface area contributed by atoms with Crippen LogP contribution in [-0.2, 0) is 4.79 Å². The van der Waals surface area contributed by atoms with Crippen molar-refractivity contribution in [2.75, 3.05) is 35.9 Å². The van der Waals surface area contributed by atoms with E-state index in [4.69, 9.17) is 0 Å². The van der Waals surface area contributed by atoms with Crippen molar-refractivity contribution < 1.29 is 9.59 Å². The molecule has 0 spiro atoms. The second-order valence-corrected chi connectivity index (χ2v) is 8.42. The van der Waals surface area contributed by atoms with Gasteiger partial charge in [-0.3, -0.25) is 9.59 Å². The highest BCUT2D eigenvalue weighted by Gasteiger charge is 2.36. The van der Waals surface area contributed by atoms with Crippen molar-refractivity contribution in [1.29, 1.82) is 0 Å². The highest BCUT2D eigenvalue weighted by Crippen LogP contribution is 2.28. The van der Waals surface area contributed by atoms with Crippen molar-refractivity contribution in [3.63, 3.8) is 0 Å².